The number of hydrogen-bond donors (Lipinski definition) is 1. The van der Waals surface area contributed by atoms with Crippen LogP contribution in [0.4, 0.5) is 0 Å². The van der Waals surface area contributed by atoms with Crippen LogP contribution in [0, 0.1) is 5.92 Å². The zero-order valence-corrected chi connectivity index (χ0v) is 14.0. The molecule has 0 amide bonds. The molecule has 2 rings (SSSR count). The SMILES string of the molecule is CCCNCc1sc(Cc2ccncc2)nc1CC(C)C. The molecule has 2 aromatic heterocycles. The van der Waals surface area contributed by atoms with Crippen LogP contribution >= 0.6 is 11.3 Å². The number of nitrogens with one attached hydrogen (secondary N) is 1. The Morgan fingerprint density at radius 2 is 2.00 bits per heavy atom. The van der Waals surface area contributed by atoms with Crippen molar-refractivity contribution in [3.63, 3.8) is 0 Å². The normalized spacial score (nSPS) is 11.2. The van der Waals surface area contributed by atoms with Crippen molar-refractivity contribution in [2.24, 2.45) is 5.92 Å². The van der Waals surface area contributed by atoms with Gasteiger partial charge in [-0.3, -0.25) is 4.98 Å². The standard InChI is InChI=1S/C17H25N3S/c1-4-7-19-12-16-15(10-13(2)3)20-17(21-16)11-14-5-8-18-9-6-14/h5-6,8-9,13,19H,4,7,10-12H2,1-3H3. The molecule has 0 aliphatic heterocycles. The molecular formula is C17H25N3S. The van der Waals surface area contributed by atoms with Crippen LogP contribution < -0.4 is 5.32 Å². The van der Waals surface area contributed by atoms with Crippen LogP contribution in [0.1, 0.15) is 48.3 Å². The summed E-state index contributed by atoms with van der Waals surface area (Å²) < 4.78 is 0. The van der Waals surface area contributed by atoms with Gasteiger partial charge < -0.3 is 5.32 Å². The molecule has 1 N–H and O–H groups in total. The highest BCUT2D eigenvalue weighted by atomic mass is 32.1. The lowest BCUT2D eigenvalue weighted by atomic mass is 10.1. The predicted molar refractivity (Wildman–Crippen MR) is 89.7 cm³/mol. The summed E-state index contributed by atoms with van der Waals surface area (Å²) in [5.74, 6) is 0.644. The van der Waals surface area contributed by atoms with Gasteiger partial charge in [0.25, 0.3) is 0 Å². The molecule has 0 atom stereocenters. The summed E-state index contributed by atoms with van der Waals surface area (Å²) in [7, 11) is 0. The minimum absolute atomic E-state index is 0.644. The van der Waals surface area contributed by atoms with Crippen LogP contribution in [-0.4, -0.2) is 16.5 Å². The molecule has 0 aliphatic carbocycles. The molecule has 2 aromatic rings. The monoisotopic (exact) mass is 303 g/mol. The second kappa shape index (κ2) is 8.25. The Labute approximate surface area is 131 Å². The van der Waals surface area contributed by atoms with Crippen molar-refractivity contribution in [2.45, 2.75) is 46.6 Å². The summed E-state index contributed by atoms with van der Waals surface area (Å²) in [6, 6.07) is 4.14. The third-order valence-corrected chi connectivity index (χ3v) is 4.34. The van der Waals surface area contributed by atoms with Crippen molar-refractivity contribution in [1.82, 2.24) is 15.3 Å². The third-order valence-electron chi connectivity index (χ3n) is 3.24. The minimum atomic E-state index is 0.644. The van der Waals surface area contributed by atoms with E-state index in [4.69, 9.17) is 4.98 Å². The Morgan fingerprint density at radius 3 is 2.67 bits per heavy atom. The fraction of sp³-hybridized carbons (Fsp3) is 0.529. The van der Waals surface area contributed by atoms with Crippen LogP contribution in [0.2, 0.25) is 0 Å². The molecular weight excluding hydrogens is 278 g/mol. The summed E-state index contributed by atoms with van der Waals surface area (Å²) in [4.78, 5) is 10.4. The van der Waals surface area contributed by atoms with Crippen LogP contribution in [0.3, 0.4) is 0 Å². The van der Waals surface area contributed by atoms with Crippen LogP contribution in [0.15, 0.2) is 24.5 Å². The zero-order valence-electron chi connectivity index (χ0n) is 13.2. The second-order valence-electron chi connectivity index (χ2n) is 5.78. The number of rotatable bonds is 8. The van der Waals surface area contributed by atoms with Gasteiger partial charge in [-0.15, -0.1) is 11.3 Å². The van der Waals surface area contributed by atoms with Crippen molar-refractivity contribution in [3.8, 4) is 0 Å². The maximum absolute atomic E-state index is 4.88. The van der Waals surface area contributed by atoms with Gasteiger partial charge in [0.2, 0.25) is 0 Å². The van der Waals surface area contributed by atoms with Crippen molar-refractivity contribution >= 4 is 11.3 Å². The Kier molecular flexibility index (Phi) is 6.33. The summed E-state index contributed by atoms with van der Waals surface area (Å²) in [5, 5.41) is 4.72. The summed E-state index contributed by atoms with van der Waals surface area (Å²) in [6.07, 6.45) is 6.84. The first-order chi connectivity index (χ1) is 10.2. The van der Waals surface area contributed by atoms with E-state index < -0.39 is 0 Å². The van der Waals surface area contributed by atoms with Gasteiger partial charge in [-0.1, -0.05) is 20.8 Å². The Bertz CT molecular complexity index is 534. The number of thiazole rings is 1. The minimum Gasteiger partial charge on any atom is -0.312 e. The van der Waals surface area contributed by atoms with Gasteiger partial charge in [0.05, 0.1) is 10.7 Å². The molecule has 4 heteroatoms. The lowest BCUT2D eigenvalue weighted by Crippen LogP contribution is -2.14. The lowest BCUT2D eigenvalue weighted by molar-refractivity contribution is 0.622. The topological polar surface area (TPSA) is 37.8 Å². The highest BCUT2D eigenvalue weighted by molar-refractivity contribution is 7.11. The molecule has 0 bridgehead atoms. The Hall–Kier alpha value is -1.26. The summed E-state index contributed by atoms with van der Waals surface area (Å²) >= 11 is 1.85. The van der Waals surface area contributed by atoms with Crippen LogP contribution in [-0.2, 0) is 19.4 Å². The molecule has 0 saturated carbocycles. The maximum atomic E-state index is 4.88. The fourth-order valence-corrected chi connectivity index (χ4v) is 3.35. The predicted octanol–water partition coefficient (Wildman–Crippen LogP) is 3.83. The zero-order chi connectivity index (χ0) is 15.1. The van der Waals surface area contributed by atoms with E-state index in [2.05, 4.69) is 43.2 Å². The van der Waals surface area contributed by atoms with Crippen molar-refractivity contribution in [2.75, 3.05) is 6.54 Å². The fourth-order valence-electron chi connectivity index (χ4n) is 2.25. The first-order valence-electron chi connectivity index (χ1n) is 7.76. The van der Waals surface area contributed by atoms with Gasteiger partial charge in [-0.05, 0) is 43.0 Å². The van der Waals surface area contributed by atoms with Crippen molar-refractivity contribution in [1.29, 1.82) is 0 Å². The van der Waals surface area contributed by atoms with Crippen LogP contribution in [0.25, 0.3) is 0 Å². The van der Waals surface area contributed by atoms with E-state index in [1.807, 2.05) is 23.7 Å². The molecule has 0 radical (unpaired) electrons. The quantitative estimate of drug-likeness (QED) is 0.753. The van der Waals surface area contributed by atoms with E-state index in [1.165, 1.54) is 27.6 Å². The Balaban J connectivity index is 2.10. The average Bonchev–Trinajstić information content (AvgIpc) is 2.81. The second-order valence-corrected chi connectivity index (χ2v) is 6.95. The van der Waals surface area contributed by atoms with E-state index >= 15 is 0 Å². The number of hydrogen-bond acceptors (Lipinski definition) is 4. The largest absolute Gasteiger partial charge is 0.312 e. The molecule has 0 aliphatic rings. The molecule has 0 aromatic carbocycles. The highest BCUT2D eigenvalue weighted by Gasteiger charge is 2.12. The maximum Gasteiger partial charge on any atom is 0.0975 e. The van der Waals surface area contributed by atoms with Gasteiger partial charge in [-0.25, -0.2) is 4.98 Å². The molecule has 0 spiro atoms. The number of aromatic nitrogens is 2. The molecule has 0 saturated heterocycles. The first kappa shape index (κ1) is 16.1. The number of nitrogens with zero attached hydrogens (tertiary/aromatic N) is 2. The molecule has 0 fully saturated rings. The molecule has 21 heavy (non-hydrogen) atoms. The average molecular weight is 303 g/mol. The van der Waals surface area contributed by atoms with E-state index in [0.717, 1.165) is 25.9 Å². The van der Waals surface area contributed by atoms with E-state index in [-0.39, 0.29) is 0 Å². The van der Waals surface area contributed by atoms with E-state index in [1.54, 1.807) is 0 Å². The van der Waals surface area contributed by atoms with E-state index in [0.29, 0.717) is 5.92 Å². The smallest absolute Gasteiger partial charge is 0.0975 e. The molecule has 114 valence electrons. The van der Waals surface area contributed by atoms with Gasteiger partial charge in [0.1, 0.15) is 0 Å². The first-order valence-corrected chi connectivity index (χ1v) is 8.57. The van der Waals surface area contributed by atoms with Crippen LogP contribution in [0.5, 0.6) is 0 Å². The molecule has 0 unspecified atom stereocenters. The lowest BCUT2D eigenvalue weighted by Gasteiger charge is -2.05. The third kappa shape index (κ3) is 5.21. The van der Waals surface area contributed by atoms with E-state index in [9.17, 15) is 0 Å². The highest BCUT2D eigenvalue weighted by Crippen LogP contribution is 2.23. The van der Waals surface area contributed by atoms with Crippen molar-refractivity contribution < 1.29 is 0 Å². The Morgan fingerprint density at radius 1 is 1.24 bits per heavy atom. The molecule has 3 nitrogen and oxygen atoms in total. The number of pyridine rings is 1. The summed E-state index contributed by atoms with van der Waals surface area (Å²) in [6.45, 7) is 8.72. The summed E-state index contributed by atoms with van der Waals surface area (Å²) in [5.41, 5.74) is 2.56. The van der Waals surface area contributed by atoms with Gasteiger partial charge in [0, 0.05) is 30.2 Å². The van der Waals surface area contributed by atoms with Crippen molar-refractivity contribution in [3.05, 3.63) is 45.7 Å². The van der Waals surface area contributed by atoms with Gasteiger partial charge >= 0.3 is 0 Å². The van der Waals surface area contributed by atoms with Gasteiger partial charge in [0.15, 0.2) is 0 Å². The van der Waals surface area contributed by atoms with Gasteiger partial charge in [-0.2, -0.15) is 0 Å². The molecule has 2 heterocycles.